The molecule has 0 bridgehead atoms. The molecule has 27 heavy (non-hydrogen) atoms. The largest absolute Gasteiger partial charge is 0.321 e. The first kappa shape index (κ1) is 19.0. The van der Waals surface area contributed by atoms with Gasteiger partial charge in [-0.2, -0.15) is 0 Å². The highest BCUT2D eigenvalue weighted by molar-refractivity contribution is 7.91. The normalized spacial score (nSPS) is 12.7. The maximum Gasteiger partial charge on any atom is 0.254 e. The molecule has 0 aliphatic heterocycles. The second-order valence-corrected chi connectivity index (χ2v) is 8.31. The highest BCUT2D eigenvalue weighted by Crippen LogP contribution is 2.23. The lowest BCUT2D eigenvalue weighted by atomic mass is 10.1. The highest BCUT2D eigenvalue weighted by Gasteiger charge is 2.27. The van der Waals surface area contributed by atoms with Crippen molar-refractivity contribution in [2.45, 2.75) is 24.5 Å². The van der Waals surface area contributed by atoms with Crippen LogP contribution in [-0.2, 0) is 16.3 Å². The van der Waals surface area contributed by atoms with E-state index >= 15 is 0 Å². The molecule has 3 aromatic rings. The van der Waals surface area contributed by atoms with Crippen LogP contribution in [0.1, 0.15) is 23.0 Å². The Balaban J connectivity index is 2.09. The van der Waals surface area contributed by atoms with E-state index in [1.807, 2.05) is 61.5 Å². The second kappa shape index (κ2) is 7.85. The van der Waals surface area contributed by atoms with Crippen molar-refractivity contribution in [2.75, 3.05) is 5.75 Å². The van der Waals surface area contributed by atoms with Gasteiger partial charge >= 0.3 is 0 Å². The zero-order valence-corrected chi connectivity index (χ0v) is 15.9. The molecule has 0 aliphatic rings. The zero-order valence-electron chi connectivity index (χ0n) is 15.1. The number of benzene rings is 2. The van der Waals surface area contributed by atoms with E-state index in [1.165, 1.54) is 10.6 Å². The summed E-state index contributed by atoms with van der Waals surface area (Å²) in [5, 5.41) is 7.98. The van der Waals surface area contributed by atoms with Crippen molar-refractivity contribution in [3.05, 3.63) is 84.2 Å². The predicted octanol–water partition coefficient (Wildman–Crippen LogP) is 2.78. The van der Waals surface area contributed by atoms with Crippen molar-refractivity contribution >= 4 is 9.84 Å². The first-order valence-corrected chi connectivity index (χ1v) is 10.2. The van der Waals surface area contributed by atoms with E-state index in [2.05, 4.69) is 16.8 Å². The quantitative estimate of drug-likeness (QED) is 0.635. The molecule has 2 aromatic carbocycles. The number of sulfone groups is 1. The van der Waals surface area contributed by atoms with Crippen LogP contribution in [0.2, 0.25) is 0 Å². The molecule has 3 rings (SSSR count). The molecule has 2 N–H and O–H groups in total. The molecular formula is C20H22N4O2S. The Morgan fingerprint density at radius 3 is 2.41 bits per heavy atom. The van der Waals surface area contributed by atoms with Gasteiger partial charge in [-0.05, 0) is 31.0 Å². The van der Waals surface area contributed by atoms with Gasteiger partial charge in [0.1, 0.15) is 0 Å². The molecule has 0 unspecified atom stereocenters. The van der Waals surface area contributed by atoms with Gasteiger partial charge in [-0.1, -0.05) is 54.1 Å². The highest BCUT2D eigenvalue weighted by atomic mass is 32.2. The maximum atomic E-state index is 12.7. The monoisotopic (exact) mass is 382 g/mol. The van der Waals surface area contributed by atoms with E-state index < -0.39 is 15.9 Å². The Morgan fingerprint density at radius 2 is 1.78 bits per heavy atom. The zero-order chi connectivity index (χ0) is 19.4. The van der Waals surface area contributed by atoms with Crippen molar-refractivity contribution in [2.24, 2.45) is 5.73 Å². The third kappa shape index (κ3) is 4.15. The molecule has 7 heteroatoms. The van der Waals surface area contributed by atoms with Gasteiger partial charge in [-0.25, -0.2) is 8.42 Å². The number of hydrogen-bond acceptors (Lipinski definition) is 5. The lowest BCUT2D eigenvalue weighted by molar-refractivity contribution is 0.583. The van der Waals surface area contributed by atoms with Crippen LogP contribution in [0.3, 0.4) is 0 Å². The third-order valence-electron chi connectivity index (χ3n) is 4.20. The SMILES string of the molecule is C=CCS(=O)(=O)c1nnc([C@@H](N)Cc2ccccc2)n1-c1ccc(C)cc1. The summed E-state index contributed by atoms with van der Waals surface area (Å²) in [6, 6.07) is 16.7. The van der Waals surface area contributed by atoms with Crippen LogP contribution in [0.25, 0.3) is 5.69 Å². The fraction of sp³-hybridized carbons (Fsp3) is 0.200. The van der Waals surface area contributed by atoms with Crippen LogP contribution in [0.15, 0.2) is 72.4 Å². The van der Waals surface area contributed by atoms with E-state index in [-0.39, 0.29) is 10.9 Å². The number of hydrogen-bond donors (Lipinski definition) is 1. The van der Waals surface area contributed by atoms with Crippen LogP contribution in [0.4, 0.5) is 0 Å². The molecule has 0 spiro atoms. The summed E-state index contributed by atoms with van der Waals surface area (Å²) in [6.45, 7) is 5.49. The number of nitrogens with two attached hydrogens (primary N) is 1. The summed E-state index contributed by atoms with van der Waals surface area (Å²) in [5.41, 5.74) is 9.15. The average molecular weight is 382 g/mol. The van der Waals surface area contributed by atoms with Crippen molar-refractivity contribution in [1.29, 1.82) is 0 Å². The second-order valence-electron chi connectivity index (χ2n) is 6.38. The molecular weight excluding hydrogens is 360 g/mol. The lowest BCUT2D eigenvalue weighted by Gasteiger charge is -2.15. The maximum absolute atomic E-state index is 12.7. The standard InChI is InChI=1S/C20H22N4O2S/c1-3-13-27(25,26)20-23-22-19(18(21)14-16-7-5-4-6-8-16)24(20)17-11-9-15(2)10-12-17/h3-12,18H,1,13-14,21H2,2H3/t18-/m0/s1. The lowest BCUT2D eigenvalue weighted by Crippen LogP contribution is -2.20. The van der Waals surface area contributed by atoms with Crippen LogP contribution in [0, 0.1) is 6.92 Å². The molecule has 0 radical (unpaired) electrons. The van der Waals surface area contributed by atoms with Crippen LogP contribution in [0.5, 0.6) is 0 Å². The Morgan fingerprint density at radius 1 is 1.11 bits per heavy atom. The summed E-state index contributed by atoms with van der Waals surface area (Å²) in [6.07, 6.45) is 1.86. The minimum absolute atomic E-state index is 0.121. The molecule has 0 saturated carbocycles. The Hall–Kier alpha value is -2.77. The smallest absolute Gasteiger partial charge is 0.254 e. The van der Waals surface area contributed by atoms with Crippen LogP contribution >= 0.6 is 0 Å². The summed E-state index contributed by atoms with van der Waals surface area (Å²) in [7, 11) is -3.67. The first-order chi connectivity index (χ1) is 12.9. The molecule has 0 aliphatic carbocycles. The summed E-state index contributed by atoms with van der Waals surface area (Å²) < 4.78 is 26.8. The summed E-state index contributed by atoms with van der Waals surface area (Å²) >= 11 is 0. The van der Waals surface area contributed by atoms with Crippen LogP contribution < -0.4 is 5.73 Å². The molecule has 6 nitrogen and oxygen atoms in total. The van der Waals surface area contributed by atoms with Gasteiger partial charge in [0.2, 0.25) is 9.84 Å². The molecule has 1 heterocycles. The minimum Gasteiger partial charge on any atom is -0.321 e. The summed E-state index contributed by atoms with van der Waals surface area (Å²) in [5.74, 6) is 0.190. The third-order valence-corrected chi connectivity index (χ3v) is 5.69. The van der Waals surface area contributed by atoms with E-state index in [1.54, 1.807) is 0 Å². The first-order valence-electron chi connectivity index (χ1n) is 8.58. The molecule has 0 saturated heterocycles. The molecule has 0 fully saturated rings. The van der Waals surface area contributed by atoms with E-state index in [0.717, 1.165) is 11.1 Å². The number of rotatable bonds is 7. The van der Waals surface area contributed by atoms with E-state index in [0.29, 0.717) is 17.9 Å². The molecule has 140 valence electrons. The van der Waals surface area contributed by atoms with E-state index in [9.17, 15) is 8.42 Å². The van der Waals surface area contributed by atoms with Gasteiger partial charge in [-0.15, -0.1) is 16.8 Å². The van der Waals surface area contributed by atoms with E-state index in [4.69, 9.17) is 5.73 Å². The van der Waals surface area contributed by atoms with Crippen molar-refractivity contribution in [1.82, 2.24) is 14.8 Å². The average Bonchev–Trinajstić information content (AvgIpc) is 3.09. The van der Waals surface area contributed by atoms with Gasteiger partial charge in [0.15, 0.2) is 5.82 Å². The molecule has 1 aromatic heterocycles. The van der Waals surface area contributed by atoms with Crippen molar-refractivity contribution in [3.8, 4) is 5.69 Å². The Bertz CT molecular complexity index is 1030. The Kier molecular flexibility index (Phi) is 5.53. The molecule has 1 atom stereocenters. The fourth-order valence-corrected chi connectivity index (χ4v) is 3.95. The van der Waals surface area contributed by atoms with Gasteiger partial charge in [-0.3, -0.25) is 4.57 Å². The summed E-state index contributed by atoms with van der Waals surface area (Å²) in [4.78, 5) is 0. The fourth-order valence-electron chi connectivity index (χ4n) is 2.85. The number of nitrogens with zero attached hydrogens (tertiary/aromatic N) is 3. The van der Waals surface area contributed by atoms with Gasteiger partial charge in [0.25, 0.3) is 5.16 Å². The van der Waals surface area contributed by atoms with Gasteiger partial charge in [0.05, 0.1) is 11.8 Å². The topological polar surface area (TPSA) is 90.9 Å². The molecule has 0 amide bonds. The Labute approximate surface area is 159 Å². The number of aromatic nitrogens is 3. The van der Waals surface area contributed by atoms with Crippen molar-refractivity contribution in [3.63, 3.8) is 0 Å². The van der Waals surface area contributed by atoms with Crippen molar-refractivity contribution < 1.29 is 8.42 Å². The van der Waals surface area contributed by atoms with Gasteiger partial charge < -0.3 is 5.73 Å². The van der Waals surface area contributed by atoms with Crippen LogP contribution in [-0.4, -0.2) is 28.9 Å². The minimum atomic E-state index is -3.67. The van der Waals surface area contributed by atoms with Gasteiger partial charge in [0, 0.05) is 5.69 Å². The number of aryl methyl sites for hydroxylation is 1. The predicted molar refractivity (Wildman–Crippen MR) is 105 cm³/mol.